The van der Waals surface area contributed by atoms with Gasteiger partial charge >= 0.3 is 6.18 Å². The fraction of sp³-hybridized carbons (Fsp3) is 0.440. The molecule has 1 fully saturated rings. The number of fused-ring (bicyclic) bond motifs is 1. The Balaban J connectivity index is 1.41. The molecular formula is C25H28F3N3O3. The maximum atomic E-state index is 12.9. The van der Waals surface area contributed by atoms with Crippen LogP contribution in [0.3, 0.4) is 0 Å². The molecule has 2 aromatic rings. The number of carbonyl (C=O) groups excluding carboxylic acids is 1. The molecule has 182 valence electrons. The van der Waals surface area contributed by atoms with Gasteiger partial charge in [0.1, 0.15) is 23.8 Å². The number of allylic oxidation sites excluding steroid dienone is 1. The fourth-order valence-corrected chi connectivity index (χ4v) is 4.50. The van der Waals surface area contributed by atoms with Gasteiger partial charge in [-0.2, -0.15) is 13.2 Å². The molecule has 9 heteroatoms. The standard InChI is InChI=1S/C25H28F3N3O3/c1-15-17(11-31-12-18(13-31)24(32)29-2)5-4-16-8-20(6-7-21(15)16)34-14-22-23(33-3)9-19(10-30-22)25(26,27)28/h6-10,18H,4-5,11-14H2,1-3H3,(H,29,32). The van der Waals surface area contributed by atoms with Gasteiger partial charge in [0.05, 0.1) is 18.6 Å². The average Bonchev–Trinajstić information content (AvgIpc) is 2.79. The summed E-state index contributed by atoms with van der Waals surface area (Å²) in [6.45, 7) is 4.58. The van der Waals surface area contributed by atoms with Crippen molar-refractivity contribution in [2.24, 2.45) is 5.92 Å². The number of aromatic nitrogens is 1. The molecule has 34 heavy (non-hydrogen) atoms. The lowest BCUT2D eigenvalue weighted by molar-refractivity contribution is -0.138. The summed E-state index contributed by atoms with van der Waals surface area (Å²) < 4.78 is 49.7. The minimum Gasteiger partial charge on any atom is -0.495 e. The zero-order valence-electron chi connectivity index (χ0n) is 19.5. The van der Waals surface area contributed by atoms with Gasteiger partial charge in [0.2, 0.25) is 5.91 Å². The van der Waals surface area contributed by atoms with Crippen molar-refractivity contribution in [2.45, 2.75) is 32.5 Å². The maximum absolute atomic E-state index is 12.9. The molecule has 1 aromatic heterocycles. The van der Waals surface area contributed by atoms with Crippen LogP contribution in [-0.4, -0.2) is 49.6 Å². The second-order valence-corrected chi connectivity index (χ2v) is 8.71. The molecule has 2 heterocycles. The SMILES string of the molecule is CNC(=O)C1CN(CC2=C(C)c3ccc(OCc4ncc(C(F)(F)F)cc4OC)cc3CC2)C1. The number of alkyl halides is 3. The van der Waals surface area contributed by atoms with E-state index in [9.17, 15) is 18.0 Å². The number of hydrogen-bond acceptors (Lipinski definition) is 5. The third-order valence-corrected chi connectivity index (χ3v) is 6.55. The van der Waals surface area contributed by atoms with Crippen molar-refractivity contribution in [3.05, 3.63) is 58.4 Å². The molecule has 0 unspecified atom stereocenters. The number of amides is 1. The largest absolute Gasteiger partial charge is 0.495 e. The summed E-state index contributed by atoms with van der Waals surface area (Å²) in [6, 6.07) is 6.81. The first-order valence-electron chi connectivity index (χ1n) is 11.2. The van der Waals surface area contributed by atoms with Crippen LogP contribution in [0.4, 0.5) is 13.2 Å². The highest BCUT2D eigenvalue weighted by atomic mass is 19.4. The van der Waals surface area contributed by atoms with Crippen molar-refractivity contribution in [2.75, 3.05) is 33.8 Å². The van der Waals surface area contributed by atoms with Crippen LogP contribution in [-0.2, 0) is 24.0 Å². The molecule has 1 saturated heterocycles. The second-order valence-electron chi connectivity index (χ2n) is 8.71. The first kappa shape index (κ1) is 24.1. The van der Waals surface area contributed by atoms with E-state index >= 15 is 0 Å². The number of nitrogens with zero attached hydrogens (tertiary/aromatic N) is 2. The van der Waals surface area contributed by atoms with Gasteiger partial charge in [0, 0.05) is 32.9 Å². The minimum atomic E-state index is -4.48. The number of ether oxygens (including phenoxy) is 2. The predicted octanol–water partition coefficient (Wildman–Crippen LogP) is 4.09. The van der Waals surface area contributed by atoms with Gasteiger partial charge in [-0.25, -0.2) is 0 Å². The Hall–Kier alpha value is -3.07. The number of benzene rings is 1. The highest BCUT2D eigenvalue weighted by Crippen LogP contribution is 2.35. The molecule has 0 radical (unpaired) electrons. The molecule has 0 atom stereocenters. The molecule has 1 N–H and O–H groups in total. The normalized spacial score (nSPS) is 16.6. The molecule has 1 aliphatic carbocycles. The summed E-state index contributed by atoms with van der Waals surface area (Å²) in [6.07, 6.45) is -1.87. The van der Waals surface area contributed by atoms with Crippen LogP contribution in [0.2, 0.25) is 0 Å². The van der Waals surface area contributed by atoms with Gasteiger partial charge in [-0.3, -0.25) is 14.7 Å². The Morgan fingerprint density at radius 1 is 1.24 bits per heavy atom. The van der Waals surface area contributed by atoms with Crippen molar-refractivity contribution < 1.29 is 27.4 Å². The maximum Gasteiger partial charge on any atom is 0.418 e. The minimum absolute atomic E-state index is 0.00162. The van der Waals surface area contributed by atoms with Crippen LogP contribution < -0.4 is 14.8 Å². The smallest absolute Gasteiger partial charge is 0.418 e. The number of halogens is 3. The van der Waals surface area contributed by atoms with Crippen molar-refractivity contribution in [1.29, 1.82) is 0 Å². The molecule has 0 spiro atoms. The van der Waals surface area contributed by atoms with E-state index in [-0.39, 0.29) is 24.2 Å². The van der Waals surface area contributed by atoms with Crippen LogP contribution >= 0.6 is 0 Å². The van der Waals surface area contributed by atoms with E-state index in [1.807, 2.05) is 18.2 Å². The molecule has 0 bridgehead atoms. The van der Waals surface area contributed by atoms with E-state index in [1.165, 1.54) is 29.4 Å². The summed E-state index contributed by atoms with van der Waals surface area (Å²) >= 11 is 0. The van der Waals surface area contributed by atoms with E-state index < -0.39 is 11.7 Å². The van der Waals surface area contributed by atoms with Crippen LogP contribution in [0.15, 0.2) is 36.0 Å². The zero-order valence-corrected chi connectivity index (χ0v) is 19.5. The predicted molar refractivity (Wildman–Crippen MR) is 121 cm³/mol. The molecule has 1 aromatic carbocycles. The Bertz CT molecular complexity index is 1110. The number of rotatable bonds is 7. The van der Waals surface area contributed by atoms with Crippen LogP contribution in [0, 0.1) is 5.92 Å². The van der Waals surface area contributed by atoms with E-state index in [0.717, 1.165) is 44.7 Å². The lowest BCUT2D eigenvalue weighted by Crippen LogP contribution is -2.53. The molecule has 0 saturated carbocycles. The first-order chi connectivity index (χ1) is 16.2. The van der Waals surface area contributed by atoms with E-state index in [1.54, 1.807) is 7.05 Å². The van der Waals surface area contributed by atoms with Crippen LogP contribution in [0.1, 0.15) is 35.7 Å². The number of carbonyl (C=O) groups is 1. The van der Waals surface area contributed by atoms with Gasteiger partial charge in [0.15, 0.2) is 0 Å². The Morgan fingerprint density at radius 2 is 2.00 bits per heavy atom. The Kier molecular flexibility index (Phi) is 6.84. The van der Waals surface area contributed by atoms with Crippen molar-refractivity contribution in [1.82, 2.24) is 15.2 Å². The van der Waals surface area contributed by atoms with Gasteiger partial charge < -0.3 is 14.8 Å². The van der Waals surface area contributed by atoms with E-state index in [4.69, 9.17) is 9.47 Å². The Morgan fingerprint density at radius 3 is 2.68 bits per heavy atom. The van der Waals surface area contributed by atoms with Gasteiger partial charge in [0.25, 0.3) is 0 Å². The van der Waals surface area contributed by atoms with Crippen molar-refractivity contribution in [3.63, 3.8) is 0 Å². The average molecular weight is 476 g/mol. The third-order valence-electron chi connectivity index (χ3n) is 6.55. The highest BCUT2D eigenvalue weighted by molar-refractivity contribution is 5.79. The second kappa shape index (κ2) is 9.66. The summed E-state index contributed by atoms with van der Waals surface area (Å²) in [4.78, 5) is 17.9. The quantitative estimate of drug-likeness (QED) is 0.654. The summed E-state index contributed by atoms with van der Waals surface area (Å²) in [5.74, 6) is 0.864. The number of methoxy groups -OCH3 is 1. The highest BCUT2D eigenvalue weighted by Gasteiger charge is 2.33. The Labute approximate surface area is 196 Å². The number of nitrogens with one attached hydrogen (secondary N) is 1. The van der Waals surface area contributed by atoms with Crippen molar-refractivity contribution in [3.8, 4) is 11.5 Å². The molecule has 2 aliphatic rings. The van der Waals surface area contributed by atoms with Crippen LogP contribution in [0.25, 0.3) is 5.57 Å². The van der Waals surface area contributed by atoms with Gasteiger partial charge in [-0.15, -0.1) is 0 Å². The van der Waals surface area contributed by atoms with E-state index in [2.05, 4.69) is 22.1 Å². The zero-order chi connectivity index (χ0) is 24.5. The van der Waals surface area contributed by atoms with Gasteiger partial charge in [-0.05, 0) is 54.7 Å². The topological polar surface area (TPSA) is 63.7 Å². The summed E-state index contributed by atoms with van der Waals surface area (Å²) in [5.41, 5.74) is 4.44. The first-order valence-corrected chi connectivity index (χ1v) is 11.2. The fourth-order valence-electron chi connectivity index (χ4n) is 4.50. The molecule has 4 rings (SSSR count). The van der Waals surface area contributed by atoms with Gasteiger partial charge in [-0.1, -0.05) is 11.6 Å². The monoisotopic (exact) mass is 475 g/mol. The number of aryl methyl sites for hydroxylation is 1. The number of pyridine rings is 1. The molecule has 6 nitrogen and oxygen atoms in total. The summed E-state index contributed by atoms with van der Waals surface area (Å²) in [5, 5.41) is 2.71. The molecule has 1 aliphatic heterocycles. The number of hydrogen-bond donors (Lipinski definition) is 1. The third kappa shape index (κ3) is 5.04. The van der Waals surface area contributed by atoms with Crippen molar-refractivity contribution >= 4 is 11.5 Å². The number of likely N-dealkylation sites (tertiary alicyclic amines) is 1. The van der Waals surface area contributed by atoms with E-state index in [0.29, 0.717) is 11.4 Å². The summed E-state index contributed by atoms with van der Waals surface area (Å²) in [7, 11) is 2.98. The van der Waals surface area contributed by atoms with Crippen LogP contribution in [0.5, 0.6) is 11.5 Å². The molecular weight excluding hydrogens is 447 g/mol. The lowest BCUT2D eigenvalue weighted by Gasteiger charge is -2.39. The molecule has 1 amide bonds. The lowest BCUT2D eigenvalue weighted by atomic mass is 9.85.